The van der Waals surface area contributed by atoms with Crippen molar-refractivity contribution in [1.82, 2.24) is 15.1 Å². The van der Waals surface area contributed by atoms with E-state index in [9.17, 15) is 31.2 Å². The fraction of sp³-hybridized carbons (Fsp3) is 0.500. The third-order valence-corrected chi connectivity index (χ3v) is 6.92. The number of carbonyl (C=O) groups excluding carboxylic acids is 2. The maximum atomic E-state index is 12.0. The van der Waals surface area contributed by atoms with Crippen LogP contribution in [0.1, 0.15) is 35.1 Å². The predicted molar refractivity (Wildman–Crippen MR) is 117 cm³/mol. The van der Waals surface area contributed by atoms with Crippen molar-refractivity contribution >= 4 is 28.7 Å². The van der Waals surface area contributed by atoms with Gasteiger partial charge >= 0.3 is 41.6 Å². The molecule has 0 spiro atoms. The summed E-state index contributed by atoms with van der Waals surface area (Å²) in [6, 6.07) is 2.36. The summed E-state index contributed by atoms with van der Waals surface area (Å²) in [7, 11) is -2.50. The zero-order valence-corrected chi connectivity index (χ0v) is 22.4. The first-order valence-electron chi connectivity index (χ1n) is 11.1. The molecule has 36 heavy (non-hydrogen) atoms. The first kappa shape index (κ1) is 28.5. The Labute approximate surface area is 229 Å². The summed E-state index contributed by atoms with van der Waals surface area (Å²) < 4.78 is 64.1. The van der Waals surface area contributed by atoms with Crippen LogP contribution >= 0.6 is 0 Å². The normalized spacial score (nSPS) is 17.5. The van der Waals surface area contributed by atoms with E-state index in [1.54, 1.807) is 5.32 Å². The molecule has 1 aromatic carbocycles. The maximum Gasteiger partial charge on any atom is 1.00 e. The minimum absolute atomic E-state index is 0. The van der Waals surface area contributed by atoms with Crippen molar-refractivity contribution in [2.24, 2.45) is 5.92 Å². The zero-order valence-electron chi connectivity index (χ0n) is 19.6. The van der Waals surface area contributed by atoms with Gasteiger partial charge in [-0.3, -0.25) is 4.79 Å². The summed E-state index contributed by atoms with van der Waals surface area (Å²) in [6.45, 7) is -0.0911. The fourth-order valence-electron chi connectivity index (χ4n) is 4.72. The molecule has 1 aliphatic heterocycles. The van der Waals surface area contributed by atoms with E-state index >= 15 is 0 Å². The average molecular weight is 536 g/mol. The molecule has 9 nitrogen and oxygen atoms in total. The van der Waals surface area contributed by atoms with E-state index in [-0.39, 0.29) is 60.0 Å². The van der Waals surface area contributed by atoms with Gasteiger partial charge in [0.25, 0.3) is 0 Å². The Morgan fingerprint density at radius 2 is 1.81 bits per heavy atom. The van der Waals surface area contributed by atoms with E-state index in [2.05, 4.69) is 16.5 Å². The Morgan fingerprint density at radius 1 is 1.17 bits per heavy atom. The van der Waals surface area contributed by atoms with Gasteiger partial charge in [-0.15, -0.1) is 16.8 Å². The van der Waals surface area contributed by atoms with Crippen LogP contribution in [0.3, 0.4) is 0 Å². The SMILES string of the molecule is O=C(NCC1COc2c([S-](=O)=O)cnn2C1)C(F)(F)F.O=[C-]Nc1c2c(cc3c1CCC3)CCC2.[Na+]. The van der Waals surface area contributed by atoms with Crippen LogP contribution in [-0.2, 0) is 60.9 Å². The summed E-state index contributed by atoms with van der Waals surface area (Å²) in [4.78, 5) is 21.1. The minimum atomic E-state index is -4.93. The predicted octanol–water partition coefficient (Wildman–Crippen LogP) is -0.614. The molecular formula is C22H23F3N4NaO5S-. The smallest absolute Gasteiger partial charge is 0.490 e. The van der Waals surface area contributed by atoms with Crippen LogP contribution in [0.2, 0.25) is 0 Å². The van der Waals surface area contributed by atoms with Crippen LogP contribution in [0, 0.1) is 5.92 Å². The Morgan fingerprint density at radius 3 is 2.36 bits per heavy atom. The number of carbonyl (C=O) groups is 1. The number of aryl methyl sites for hydroxylation is 2. The second-order valence-corrected chi connectivity index (χ2v) is 9.49. The molecule has 2 N–H and O–H groups in total. The number of fused-ring (bicyclic) bond motifs is 3. The van der Waals surface area contributed by atoms with Crippen LogP contribution < -0.4 is 44.9 Å². The molecule has 0 bridgehead atoms. The number of amides is 2. The summed E-state index contributed by atoms with van der Waals surface area (Å²) in [5, 5.41) is 8.32. The number of hydrogen-bond donors (Lipinski definition) is 2. The first-order valence-corrected chi connectivity index (χ1v) is 12.2. The molecule has 2 aromatic rings. The molecule has 0 saturated heterocycles. The first-order chi connectivity index (χ1) is 16.7. The average Bonchev–Trinajstić information content (AvgIpc) is 3.55. The Balaban J connectivity index is 0.000000202. The van der Waals surface area contributed by atoms with Gasteiger partial charge in [0.1, 0.15) is 0 Å². The van der Waals surface area contributed by atoms with E-state index in [1.165, 1.54) is 52.6 Å². The molecule has 1 atom stereocenters. The molecule has 0 radical (unpaired) electrons. The molecule has 3 aliphatic rings. The van der Waals surface area contributed by atoms with Crippen LogP contribution in [-0.4, -0.2) is 41.4 Å². The second kappa shape index (κ2) is 12.0. The van der Waals surface area contributed by atoms with Crippen molar-refractivity contribution in [1.29, 1.82) is 0 Å². The molecule has 2 amide bonds. The number of rotatable bonds is 5. The second-order valence-electron chi connectivity index (χ2n) is 8.58. The number of benzene rings is 1. The van der Waals surface area contributed by atoms with E-state index in [4.69, 9.17) is 4.74 Å². The van der Waals surface area contributed by atoms with Crippen molar-refractivity contribution in [3.05, 3.63) is 34.5 Å². The Bertz CT molecular complexity index is 1180. The molecule has 1 unspecified atom stereocenters. The molecule has 190 valence electrons. The third-order valence-electron chi connectivity index (χ3n) is 6.28. The van der Waals surface area contributed by atoms with E-state index < -0.39 is 28.7 Å². The van der Waals surface area contributed by atoms with Crippen LogP contribution in [0.15, 0.2) is 17.2 Å². The van der Waals surface area contributed by atoms with Crippen molar-refractivity contribution in [2.45, 2.75) is 56.1 Å². The number of ether oxygens (including phenoxy) is 1. The summed E-state index contributed by atoms with van der Waals surface area (Å²) >= 11 is 0. The van der Waals surface area contributed by atoms with Crippen LogP contribution in [0.5, 0.6) is 5.88 Å². The quantitative estimate of drug-likeness (QED) is 0.228. The largest absolute Gasteiger partial charge is 1.00 e. The van der Waals surface area contributed by atoms with Gasteiger partial charge in [0.2, 0.25) is 0 Å². The van der Waals surface area contributed by atoms with E-state index in [1.807, 2.05) is 6.41 Å². The number of halogens is 3. The summed E-state index contributed by atoms with van der Waals surface area (Å²) in [6.07, 6.45) is 5.05. The Kier molecular flexibility index (Phi) is 9.47. The Hall–Kier alpha value is -2.09. The van der Waals surface area contributed by atoms with Gasteiger partial charge < -0.3 is 28.6 Å². The number of anilines is 1. The zero-order chi connectivity index (χ0) is 25.2. The van der Waals surface area contributed by atoms with Gasteiger partial charge in [-0.25, -0.2) is 4.68 Å². The topological polar surface area (TPSA) is 119 Å². The number of nitrogens with one attached hydrogen (secondary N) is 2. The van der Waals surface area contributed by atoms with Gasteiger partial charge in [0, 0.05) is 23.6 Å². The van der Waals surface area contributed by atoms with Gasteiger partial charge in [-0.2, -0.15) is 18.3 Å². The molecule has 0 saturated carbocycles. The number of aromatic nitrogens is 2. The molecule has 2 heterocycles. The van der Waals surface area contributed by atoms with Crippen LogP contribution in [0.4, 0.5) is 18.9 Å². The molecular weight excluding hydrogens is 512 g/mol. The van der Waals surface area contributed by atoms with E-state index in [0.717, 1.165) is 24.7 Å². The molecule has 1 aromatic heterocycles. The molecule has 0 fully saturated rings. The van der Waals surface area contributed by atoms with Gasteiger partial charge in [0.15, 0.2) is 5.88 Å². The monoisotopic (exact) mass is 535 g/mol. The third kappa shape index (κ3) is 6.24. The van der Waals surface area contributed by atoms with Crippen molar-refractivity contribution in [3.63, 3.8) is 0 Å². The summed E-state index contributed by atoms with van der Waals surface area (Å²) in [5.74, 6) is -2.40. The molecule has 5 rings (SSSR count). The standard InChI is InChI=1S/C13H14NO.C9H9F3N3O4S.Na/c15-8-14-13-11-5-1-3-9(11)7-10-4-2-6-12(10)13;10-9(11,12)8(16)13-1-5-3-15-7(19-4-5)6(2-14-15)20(17)18;/h7H,1-6H2,(H,14,15);2,5H,1,3-4H2,(H,13,16);/q2*-1;+1. The van der Waals surface area contributed by atoms with E-state index in [0.29, 0.717) is 0 Å². The van der Waals surface area contributed by atoms with Gasteiger partial charge in [-0.1, -0.05) is 17.2 Å². The maximum absolute atomic E-state index is 12.0. The fourth-order valence-corrected chi connectivity index (χ4v) is 5.16. The van der Waals surface area contributed by atoms with Crippen LogP contribution in [0.25, 0.3) is 0 Å². The molecule has 2 aliphatic carbocycles. The van der Waals surface area contributed by atoms with Crippen molar-refractivity contribution < 1.29 is 65.5 Å². The number of alkyl halides is 3. The number of nitrogens with zero attached hydrogens (tertiary/aromatic N) is 2. The number of hydrogen-bond acceptors (Lipinski definition) is 7. The van der Waals surface area contributed by atoms with Crippen molar-refractivity contribution in [3.8, 4) is 5.88 Å². The molecule has 14 heteroatoms. The minimum Gasteiger partial charge on any atom is -0.490 e. The summed E-state index contributed by atoms with van der Waals surface area (Å²) in [5.41, 5.74) is 6.74. The van der Waals surface area contributed by atoms with Gasteiger partial charge in [-0.05, 0) is 49.2 Å². The van der Waals surface area contributed by atoms with Crippen molar-refractivity contribution in [2.75, 3.05) is 18.5 Å². The van der Waals surface area contributed by atoms with Gasteiger partial charge in [0.05, 0.1) is 19.6 Å².